The molecule has 0 spiro atoms. The summed E-state index contributed by atoms with van der Waals surface area (Å²) in [5, 5.41) is 17.0. The molecule has 2 aliphatic rings. The lowest BCUT2D eigenvalue weighted by Crippen LogP contribution is -2.41. The molecule has 234 valence electrons. The van der Waals surface area contributed by atoms with Crippen molar-refractivity contribution in [3.8, 4) is 5.75 Å². The van der Waals surface area contributed by atoms with Crippen molar-refractivity contribution in [1.82, 2.24) is 24.6 Å². The third kappa shape index (κ3) is 6.83. The zero-order chi connectivity index (χ0) is 31.2. The lowest BCUT2D eigenvalue weighted by Gasteiger charge is -2.25. The number of benzene rings is 1. The number of carbonyl (C=O) groups excluding carboxylic acids is 1. The Morgan fingerprint density at radius 3 is 2.58 bits per heavy atom. The first-order valence-electron chi connectivity index (χ1n) is 14.2. The van der Waals surface area contributed by atoms with Crippen molar-refractivity contribution in [2.75, 3.05) is 11.9 Å². The fourth-order valence-electron chi connectivity index (χ4n) is 4.74. The smallest absolute Gasteiger partial charge is 0.459 e. The van der Waals surface area contributed by atoms with Gasteiger partial charge >= 0.3 is 13.7 Å². The van der Waals surface area contributed by atoms with Gasteiger partial charge in [-0.15, -0.1) is 0 Å². The Morgan fingerprint density at radius 1 is 1.23 bits per heavy atom. The second kappa shape index (κ2) is 11.7. The summed E-state index contributed by atoms with van der Waals surface area (Å²) in [6, 6.07) is 7.14. The number of carbonyl (C=O) groups is 1. The highest BCUT2D eigenvalue weighted by molar-refractivity contribution is 7.52. The molecule has 2 fully saturated rings. The first-order chi connectivity index (χ1) is 20.2. The van der Waals surface area contributed by atoms with Crippen LogP contribution in [0.5, 0.6) is 5.75 Å². The van der Waals surface area contributed by atoms with E-state index in [9.17, 15) is 14.5 Å². The lowest BCUT2D eigenvalue weighted by molar-refractivity contribution is -0.149. The largest absolute Gasteiger partial charge is 0.462 e. The number of nitrogens with zero attached hydrogens (tertiary/aromatic N) is 4. The molecule has 0 radical (unpaired) electrons. The molecule has 1 saturated carbocycles. The molecule has 0 unspecified atom stereocenters. The molecular weight excluding hydrogens is 582 g/mol. The van der Waals surface area contributed by atoms with Crippen molar-refractivity contribution >= 4 is 30.7 Å². The number of anilines is 1. The summed E-state index contributed by atoms with van der Waals surface area (Å²) in [5.74, 6) is 0.525. The monoisotopic (exact) mass is 620 g/mol. The lowest BCUT2D eigenvalue weighted by atomic mass is 9.98. The number of hydrogen-bond acceptors (Lipinski definition) is 11. The summed E-state index contributed by atoms with van der Waals surface area (Å²) < 4.78 is 53.9. The van der Waals surface area contributed by atoms with Crippen molar-refractivity contribution in [3.05, 3.63) is 42.5 Å². The SMILES string of the molecule is Cc1nc(NC2(C)CC2)c2ncn([C@@H]3O[C@H](CO[P@](=O)(N[C@H](C)C(=O)OC(C)C)Oc4ccccc4)[C@@H](O)[C@@]3(C)F)c2n1. The van der Waals surface area contributed by atoms with Gasteiger partial charge in [0.2, 0.25) is 0 Å². The quantitative estimate of drug-likeness (QED) is 0.196. The molecule has 3 heterocycles. The molecule has 2 aromatic heterocycles. The third-order valence-electron chi connectivity index (χ3n) is 7.36. The van der Waals surface area contributed by atoms with E-state index in [1.165, 1.54) is 24.7 Å². The van der Waals surface area contributed by atoms with Gasteiger partial charge in [-0.25, -0.2) is 23.9 Å². The van der Waals surface area contributed by atoms with Crippen LogP contribution in [-0.2, 0) is 23.4 Å². The van der Waals surface area contributed by atoms with E-state index >= 15 is 4.39 Å². The van der Waals surface area contributed by atoms with E-state index < -0.39 is 56.6 Å². The van der Waals surface area contributed by atoms with Gasteiger partial charge in [0.25, 0.3) is 0 Å². The number of halogens is 1. The average Bonchev–Trinajstić information content (AvgIpc) is 3.42. The maximum atomic E-state index is 16.2. The molecule has 3 N–H and O–H groups in total. The van der Waals surface area contributed by atoms with Crippen LogP contribution in [0.4, 0.5) is 10.2 Å². The summed E-state index contributed by atoms with van der Waals surface area (Å²) in [5.41, 5.74) is -1.62. The van der Waals surface area contributed by atoms with Crippen molar-refractivity contribution in [2.24, 2.45) is 0 Å². The minimum Gasteiger partial charge on any atom is -0.462 e. The molecule has 0 amide bonds. The van der Waals surface area contributed by atoms with Gasteiger partial charge in [0.15, 0.2) is 28.9 Å². The Hall–Kier alpha value is -3.16. The Balaban J connectivity index is 1.36. The van der Waals surface area contributed by atoms with Crippen molar-refractivity contribution in [2.45, 2.75) is 96.2 Å². The summed E-state index contributed by atoms with van der Waals surface area (Å²) in [7, 11) is -4.27. The molecule has 5 rings (SSSR count). The van der Waals surface area contributed by atoms with Crippen LogP contribution in [0.15, 0.2) is 36.7 Å². The van der Waals surface area contributed by atoms with Crippen LogP contribution in [0.1, 0.15) is 59.5 Å². The minimum atomic E-state index is -4.27. The topological polar surface area (TPSA) is 159 Å². The standard InChI is InChI=1S/C28H38FN6O7P/c1-16(2)40-25(37)17(3)34-43(38,42-19-10-8-7-9-11-19)39-14-20-22(36)28(6,29)26(41-20)35-15-30-21-23(33-27(5)12-13-27)31-18(4)32-24(21)35/h7-11,15-17,20,22,26,36H,12-14H2,1-6H3,(H,34,38)(H,31,32,33)/t17-,20-,22-,26-,28-,43-/m1/s1. The molecule has 1 aliphatic carbocycles. The van der Waals surface area contributed by atoms with Gasteiger partial charge in [-0.3, -0.25) is 13.9 Å². The minimum absolute atomic E-state index is 0.0819. The fourth-order valence-corrected chi connectivity index (χ4v) is 6.24. The molecule has 0 bridgehead atoms. The predicted molar refractivity (Wildman–Crippen MR) is 155 cm³/mol. The van der Waals surface area contributed by atoms with Gasteiger partial charge in [0.1, 0.15) is 29.8 Å². The molecule has 1 aliphatic heterocycles. The predicted octanol–water partition coefficient (Wildman–Crippen LogP) is 4.22. The molecular formula is C28H38FN6O7P. The Morgan fingerprint density at radius 2 is 1.93 bits per heavy atom. The molecule has 15 heteroatoms. The van der Waals surface area contributed by atoms with Crippen LogP contribution in [0.3, 0.4) is 0 Å². The van der Waals surface area contributed by atoms with Crippen LogP contribution >= 0.6 is 7.75 Å². The molecule has 13 nitrogen and oxygen atoms in total. The number of esters is 1. The summed E-state index contributed by atoms with van der Waals surface area (Å²) in [4.78, 5) is 25.8. The van der Waals surface area contributed by atoms with Gasteiger partial charge in [-0.05, 0) is 66.5 Å². The van der Waals surface area contributed by atoms with E-state index in [-0.39, 0.29) is 11.3 Å². The van der Waals surface area contributed by atoms with Crippen LogP contribution in [0.2, 0.25) is 0 Å². The number of alkyl halides is 1. The number of para-hydroxylation sites is 1. The molecule has 43 heavy (non-hydrogen) atoms. The van der Waals surface area contributed by atoms with Gasteiger partial charge in [0.05, 0.1) is 19.0 Å². The Bertz CT molecular complexity index is 1520. The Kier molecular flexibility index (Phi) is 8.53. The number of nitrogens with one attached hydrogen (secondary N) is 2. The highest BCUT2D eigenvalue weighted by atomic mass is 31.2. The summed E-state index contributed by atoms with van der Waals surface area (Å²) in [6.07, 6.45) is -1.32. The van der Waals surface area contributed by atoms with Gasteiger partial charge in [0, 0.05) is 5.54 Å². The number of fused-ring (bicyclic) bond motifs is 1. The number of rotatable bonds is 12. The number of hydrogen-bond donors (Lipinski definition) is 3. The normalized spacial score (nSPS) is 26.7. The van der Waals surface area contributed by atoms with Crippen LogP contribution < -0.4 is 14.9 Å². The zero-order valence-corrected chi connectivity index (χ0v) is 25.9. The molecule has 1 saturated heterocycles. The average molecular weight is 621 g/mol. The van der Waals surface area contributed by atoms with E-state index in [4.69, 9.17) is 18.5 Å². The third-order valence-corrected chi connectivity index (χ3v) is 9.00. The molecule has 1 aromatic carbocycles. The summed E-state index contributed by atoms with van der Waals surface area (Å²) >= 11 is 0. The van der Waals surface area contributed by atoms with Crippen molar-refractivity contribution in [1.29, 1.82) is 0 Å². The van der Waals surface area contributed by atoms with Crippen molar-refractivity contribution in [3.63, 3.8) is 0 Å². The van der Waals surface area contributed by atoms with E-state index in [1.54, 1.807) is 51.1 Å². The molecule has 6 atom stereocenters. The van der Waals surface area contributed by atoms with Crippen LogP contribution in [0.25, 0.3) is 11.2 Å². The maximum absolute atomic E-state index is 16.2. The van der Waals surface area contributed by atoms with Gasteiger partial charge in [-0.1, -0.05) is 18.2 Å². The number of aliphatic hydroxyl groups excluding tert-OH is 1. The molecule has 3 aromatic rings. The van der Waals surface area contributed by atoms with E-state index in [1.807, 2.05) is 0 Å². The van der Waals surface area contributed by atoms with E-state index in [0.717, 1.165) is 12.8 Å². The second-order valence-corrected chi connectivity index (χ2v) is 13.5. The zero-order valence-electron chi connectivity index (χ0n) is 25.0. The van der Waals surface area contributed by atoms with Gasteiger partial charge < -0.3 is 24.4 Å². The maximum Gasteiger partial charge on any atom is 0.459 e. The highest BCUT2D eigenvalue weighted by Gasteiger charge is 2.56. The van der Waals surface area contributed by atoms with Crippen LogP contribution in [0, 0.1) is 6.92 Å². The summed E-state index contributed by atoms with van der Waals surface area (Å²) in [6.45, 7) is 9.29. The number of ether oxygens (including phenoxy) is 2. The number of aryl methyl sites for hydroxylation is 1. The van der Waals surface area contributed by atoms with Gasteiger partial charge in [-0.2, -0.15) is 5.09 Å². The van der Waals surface area contributed by atoms with Crippen molar-refractivity contribution < 1.29 is 37.4 Å². The van der Waals surface area contributed by atoms with Crippen LogP contribution in [-0.4, -0.2) is 72.8 Å². The van der Waals surface area contributed by atoms with E-state index in [0.29, 0.717) is 22.8 Å². The fraction of sp³-hybridized carbons (Fsp3) is 0.571. The number of aliphatic hydroxyl groups is 1. The second-order valence-electron chi connectivity index (χ2n) is 11.8. The first kappa shape index (κ1) is 31.3. The highest BCUT2D eigenvalue weighted by Crippen LogP contribution is 2.48. The first-order valence-corrected chi connectivity index (χ1v) is 15.7. The number of imidazole rings is 1. The Labute approximate surface area is 249 Å². The number of aromatic nitrogens is 4. The van der Waals surface area contributed by atoms with E-state index in [2.05, 4.69) is 32.3 Å².